The Bertz CT molecular complexity index is 557. The van der Waals surface area contributed by atoms with Gasteiger partial charge in [0.1, 0.15) is 5.82 Å². The van der Waals surface area contributed by atoms with Crippen LogP contribution in [-0.4, -0.2) is 9.97 Å². The Hall–Kier alpha value is -1.08. The van der Waals surface area contributed by atoms with Crippen molar-refractivity contribution in [1.29, 1.82) is 0 Å². The number of anilines is 2. The molecule has 2 aromatic heterocycles. The minimum Gasteiger partial charge on any atom is -0.364 e. The number of nitrogen functional groups attached to an aromatic ring is 1. The highest BCUT2D eigenvalue weighted by molar-refractivity contribution is 7.09. The molecule has 0 saturated carbocycles. The molecule has 2 heterocycles. The number of nitrogens with zero attached hydrogens (tertiary/aromatic N) is 2. The van der Waals surface area contributed by atoms with Crippen molar-refractivity contribution < 1.29 is 0 Å². The highest BCUT2D eigenvalue weighted by Gasteiger charge is 2.09. The maximum atomic E-state index is 6.05. The van der Waals surface area contributed by atoms with Gasteiger partial charge in [-0.05, 0) is 13.0 Å². The molecule has 0 aliphatic heterocycles. The summed E-state index contributed by atoms with van der Waals surface area (Å²) in [5, 5.41) is 3.95. The van der Waals surface area contributed by atoms with Gasteiger partial charge in [0.15, 0.2) is 5.82 Å². The predicted octanol–water partition coefficient (Wildman–Crippen LogP) is 3.05. The fraction of sp³-hybridized carbons (Fsp3) is 0.200. The number of hydrogen-bond donors (Lipinski definition) is 3. The van der Waals surface area contributed by atoms with E-state index in [2.05, 4.69) is 20.7 Å². The lowest BCUT2D eigenvalue weighted by Gasteiger charge is -2.10. The van der Waals surface area contributed by atoms with Crippen LogP contribution in [0, 0.1) is 6.92 Å². The quantitative estimate of drug-likeness (QED) is 0.598. The molecule has 0 aliphatic rings. The first-order valence-corrected chi connectivity index (χ1v) is 6.71. The lowest BCUT2D eigenvalue weighted by atomic mass is 10.4. The Balaban J connectivity index is 2.16. The van der Waals surface area contributed by atoms with Crippen molar-refractivity contribution in [3.05, 3.63) is 32.2 Å². The largest absolute Gasteiger partial charge is 0.364 e. The molecular weight excluding hydrogens is 293 g/mol. The lowest BCUT2D eigenvalue weighted by Crippen LogP contribution is -2.11. The number of nitrogens with two attached hydrogens (primary N) is 1. The molecule has 0 radical (unpaired) electrons. The Morgan fingerprint density at radius 2 is 2.06 bits per heavy atom. The van der Waals surface area contributed by atoms with E-state index in [0.717, 1.165) is 10.6 Å². The van der Waals surface area contributed by atoms with Gasteiger partial charge in [0.05, 0.1) is 27.8 Å². The van der Waals surface area contributed by atoms with Crippen LogP contribution in [0.5, 0.6) is 0 Å². The maximum Gasteiger partial charge on any atom is 0.161 e. The molecule has 0 bridgehead atoms. The van der Waals surface area contributed by atoms with Crippen molar-refractivity contribution in [2.75, 3.05) is 10.7 Å². The van der Waals surface area contributed by atoms with E-state index in [9.17, 15) is 0 Å². The van der Waals surface area contributed by atoms with Gasteiger partial charge in [-0.15, -0.1) is 11.3 Å². The molecule has 0 aromatic carbocycles. The van der Waals surface area contributed by atoms with Gasteiger partial charge in [-0.25, -0.2) is 15.8 Å². The summed E-state index contributed by atoms with van der Waals surface area (Å²) in [4.78, 5) is 9.49. The van der Waals surface area contributed by atoms with Crippen LogP contribution in [0.1, 0.15) is 10.6 Å². The molecule has 0 saturated heterocycles. The average Bonchev–Trinajstić information content (AvgIpc) is 2.74. The molecule has 2 aromatic rings. The standard InChI is InChI=1S/C10H11Cl2N5S/c1-5-8(18-4-15-5)3-14-9-6(11)2-7(12)10(16-9)17-13/h2,4H,3,13H2,1H3,(H2,14,16,17). The Kier molecular flexibility index (Phi) is 4.23. The molecule has 8 heteroatoms. The van der Waals surface area contributed by atoms with Crippen LogP contribution in [0.4, 0.5) is 11.6 Å². The normalized spacial score (nSPS) is 10.4. The van der Waals surface area contributed by atoms with Gasteiger partial charge < -0.3 is 10.7 Å². The topological polar surface area (TPSA) is 75.9 Å². The number of aromatic nitrogens is 2. The van der Waals surface area contributed by atoms with Crippen molar-refractivity contribution in [2.45, 2.75) is 13.5 Å². The molecule has 18 heavy (non-hydrogen) atoms. The van der Waals surface area contributed by atoms with E-state index >= 15 is 0 Å². The first-order valence-electron chi connectivity index (χ1n) is 5.07. The van der Waals surface area contributed by atoms with Crippen LogP contribution in [-0.2, 0) is 6.54 Å². The van der Waals surface area contributed by atoms with E-state index in [1.165, 1.54) is 0 Å². The third-order valence-electron chi connectivity index (χ3n) is 2.33. The number of hydrazine groups is 1. The Morgan fingerprint density at radius 3 is 2.67 bits per heavy atom. The molecule has 0 spiro atoms. The zero-order valence-electron chi connectivity index (χ0n) is 9.50. The second-order valence-corrected chi connectivity index (χ2v) is 5.26. The van der Waals surface area contributed by atoms with Gasteiger partial charge in [-0.2, -0.15) is 0 Å². The summed E-state index contributed by atoms with van der Waals surface area (Å²) in [5.74, 6) is 6.22. The van der Waals surface area contributed by atoms with Crippen LogP contribution in [0.2, 0.25) is 10.0 Å². The number of hydrogen-bond acceptors (Lipinski definition) is 6. The number of rotatable bonds is 4. The average molecular weight is 304 g/mol. The number of thiazole rings is 1. The third-order valence-corrected chi connectivity index (χ3v) is 3.84. The molecule has 5 nitrogen and oxygen atoms in total. The van der Waals surface area contributed by atoms with Gasteiger partial charge in [0.2, 0.25) is 0 Å². The van der Waals surface area contributed by atoms with Gasteiger partial charge in [-0.1, -0.05) is 23.2 Å². The molecular formula is C10H11Cl2N5S. The highest BCUT2D eigenvalue weighted by Crippen LogP contribution is 2.29. The molecule has 96 valence electrons. The van der Waals surface area contributed by atoms with Crippen LogP contribution in [0.25, 0.3) is 0 Å². The Morgan fingerprint density at radius 1 is 1.33 bits per heavy atom. The smallest absolute Gasteiger partial charge is 0.161 e. The fourth-order valence-corrected chi connectivity index (χ4v) is 2.55. The van der Waals surface area contributed by atoms with Crippen molar-refractivity contribution in [2.24, 2.45) is 5.84 Å². The summed E-state index contributed by atoms with van der Waals surface area (Å²) in [6, 6.07) is 1.59. The summed E-state index contributed by atoms with van der Waals surface area (Å²) in [6.45, 7) is 2.56. The second-order valence-electron chi connectivity index (χ2n) is 3.51. The second kappa shape index (κ2) is 5.71. The van der Waals surface area contributed by atoms with Gasteiger partial charge in [-0.3, -0.25) is 0 Å². The van der Waals surface area contributed by atoms with Crippen molar-refractivity contribution >= 4 is 46.2 Å². The summed E-state index contributed by atoms with van der Waals surface area (Å²) in [6.07, 6.45) is 0. The van der Waals surface area contributed by atoms with Crippen LogP contribution >= 0.6 is 34.5 Å². The monoisotopic (exact) mass is 303 g/mol. The molecule has 0 fully saturated rings. The zero-order chi connectivity index (χ0) is 13.1. The number of aryl methyl sites for hydroxylation is 1. The van der Waals surface area contributed by atoms with Crippen LogP contribution < -0.4 is 16.6 Å². The van der Waals surface area contributed by atoms with Gasteiger partial charge >= 0.3 is 0 Å². The fourth-order valence-electron chi connectivity index (χ4n) is 1.35. The molecule has 4 N–H and O–H groups in total. The van der Waals surface area contributed by atoms with Crippen LogP contribution in [0.3, 0.4) is 0 Å². The zero-order valence-corrected chi connectivity index (χ0v) is 11.8. The summed E-state index contributed by atoms with van der Waals surface area (Å²) >= 11 is 13.5. The summed E-state index contributed by atoms with van der Waals surface area (Å²) < 4.78 is 0. The highest BCUT2D eigenvalue weighted by atomic mass is 35.5. The van der Waals surface area contributed by atoms with E-state index in [1.54, 1.807) is 22.9 Å². The van der Waals surface area contributed by atoms with Gasteiger partial charge in [0.25, 0.3) is 0 Å². The predicted molar refractivity (Wildman–Crippen MR) is 76.2 cm³/mol. The van der Waals surface area contributed by atoms with Crippen molar-refractivity contribution in [3.8, 4) is 0 Å². The molecule has 0 unspecified atom stereocenters. The lowest BCUT2D eigenvalue weighted by molar-refractivity contribution is 1.09. The van der Waals surface area contributed by atoms with Crippen molar-refractivity contribution in [3.63, 3.8) is 0 Å². The number of pyridine rings is 1. The first kappa shape index (κ1) is 13.4. The third kappa shape index (κ3) is 2.84. The van der Waals surface area contributed by atoms with E-state index in [0.29, 0.717) is 28.2 Å². The van der Waals surface area contributed by atoms with E-state index in [1.807, 2.05) is 6.92 Å². The SMILES string of the molecule is Cc1ncsc1CNc1nc(NN)c(Cl)cc1Cl. The van der Waals surface area contributed by atoms with Gasteiger partial charge in [0, 0.05) is 4.88 Å². The maximum absolute atomic E-state index is 6.05. The minimum atomic E-state index is 0.377. The van der Waals surface area contributed by atoms with E-state index in [-0.39, 0.29) is 0 Å². The Labute approximate surface area is 118 Å². The molecule has 2 rings (SSSR count). The summed E-state index contributed by atoms with van der Waals surface area (Å²) in [7, 11) is 0. The number of nitrogens with one attached hydrogen (secondary N) is 2. The molecule has 0 aliphatic carbocycles. The minimum absolute atomic E-state index is 0.377. The first-order chi connectivity index (χ1) is 8.61. The van der Waals surface area contributed by atoms with Crippen LogP contribution in [0.15, 0.2) is 11.6 Å². The number of halogens is 2. The van der Waals surface area contributed by atoms with E-state index < -0.39 is 0 Å². The van der Waals surface area contributed by atoms with E-state index in [4.69, 9.17) is 29.0 Å². The molecule has 0 atom stereocenters. The summed E-state index contributed by atoms with van der Waals surface area (Å²) in [5.41, 5.74) is 5.21. The van der Waals surface area contributed by atoms with Crippen molar-refractivity contribution in [1.82, 2.24) is 9.97 Å². The molecule has 0 amide bonds.